The van der Waals surface area contributed by atoms with Gasteiger partial charge in [0.1, 0.15) is 5.60 Å². The van der Waals surface area contributed by atoms with E-state index in [0.29, 0.717) is 12.0 Å². The average molecular weight is 222 g/mol. The van der Waals surface area contributed by atoms with Crippen molar-refractivity contribution >= 4 is 5.97 Å². The largest absolute Gasteiger partial charge is 0.481 e. The molecule has 0 heterocycles. The molecule has 3 nitrogen and oxygen atoms in total. The topological polar surface area (TPSA) is 57.5 Å². The summed E-state index contributed by atoms with van der Waals surface area (Å²) in [5, 5.41) is 19.6. The molecule has 0 bridgehead atoms. The van der Waals surface area contributed by atoms with Crippen LogP contribution >= 0.6 is 0 Å². The molecule has 1 aromatic rings. The number of benzene rings is 1. The van der Waals surface area contributed by atoms with Crippen molar-refractivity contribution in [1.29, 1.82) is 0 Å². The molecule has 2 N–H and O–H groups in total. The molecule has 0 amide bonds. The zero-order valence-corrected chi connectivity index (χ0v) is 9.68. The standard InChI is InChI=1S/C13H18O3/c1-3-9-13(16,10(2)12(14)15)11-7-5-4-6-8-11/h4-8,10,16H,3,9H2,1-2H3,(H,14,15). The predicted molar refractivity (Wildman–Crippen MR) is 62.0 cm³/mol. The lowest BCUT2D eigenvalue weighted by atomic mass is 9.79. The Morgan fingerprint density at radius 2 is 1.94 bits per heavy atom. The molecule has 0 aliphatic heterocycles. The van der Waals surface area contributed by atoms with Crippen LogP contribution in [0.1, 0.15) is 32.3 Å². The van der Waals surface area contributed by atoms with Gasteiger partial charge in [0.2, 0.25) is 0 Å². The van der Waals surface area contributed by atoms with E-state index in [1.165, 1.54) is 0 Å². The fourth-order valence-corrected chi connectivity index (χ4v) is 1.92. The summed E-state index contributed by atoms with van der Waals surface area (Å²) < 4.78 is 0. The number of aliphatic carboxylic acids is 1. The second-order valence-electron chi connectivity index (χ2n) is 4.10. The summed E-state index contributed by atoms with van der Waals surface area (Å²) in [5.74, 6) is -1.78. The van der Waals surface area contributed by atoms with E-state index in [9.17, 15) is 9.90 Å². The molecule has 0 saturated carbocycles. The maximum atomic E-state index is 11.0. The maximum Gasteiger partial charge on any atom is 0.309 e. The first-order valence-corrected chi connectivity index (χ1v) is 5.53. The van der Waals surface area contributed by atoms with Crippen molar-refractivity contribution in [3.8, 4) is 0 Å². The lowest BCUT2D eigenvalue weighted by Crippen LogP contribution is -2.38. The molecule has 0 radical (unpaired) electrons. The molecule has 88 valence electrons. The van der Waals surface area contributed by atoms with Gasteiger partial charge in [-0.05, 0) is 18.9 Å². The highest BCUT2D eigenvalue weighted by atomic mass is 16.4. The van der Waals surface area contributed by atoms with E-state index < -0.39 is 17.5 Å². The summed E-state index contributed by atoms with van der Waals surface area (Å²) in [5.41, 5.74) is -0.603. The van der Waals surface area contributed by atoms with Crippen LogP contribution in [-0.4, -0.2) is 16.2 Å². The summed E-state index contributed by atoms with van der Waals surface area (Å²) in [6.45, 7) is 3.48. The monoisotopic (exact) mass is 222 g/mol. The Kier molecular flexibility index (Phi) is 4.07. The summed E-state index contributed by atoms with van der Waals surface area (Å²) in [6.07, 6.45) is 1.19. The van der Waals surface area contributed by atoms with Gasteiger partial charge in [0.25, 0.3) is 0 Å². The molecule has 1 aromatic carbocycles. The molecule has 0 fully saturated rings. The SMILES string of the molecule is CCCC(O)(c1ccccc1)C(C)C(=O)O. The van der Waals surface area contributed by atoms with Crippen LogP contribution in [0, 0.1) is 5.92 Å². The third-order valence-electron chi connectivity index (χ3n) is 2.99. The van der Waals surface area contributed by atoms with E-state index in [4.69, 9.17) is 5.11 Å². The van der Waals surface area contributed by atoms with Crippen molar-refractivity contribution in [2.45, 2.75) is 32.3 Å². The minimum Gasteiger partial charge on any atom is -0.481 e. The number of hydrogen-bond donors (Lipinski definition) is 2. The summed E-state index contributed by atoms with van der Waals surface area (Å²) in [7, 11) is 0. The number of carboxylic acids is 1. The highest BCUT2D eigenvalue weighted by Crippen LogP contribution is 2.34. The van der Waals surface area contributed by atoms with Crippen LogP contribution in [0.25, 0.3) is 0 Å². The molecule has 16 heavy (non-hydrogen) atoms. The molecule has 2 unspecified atom stereocenters. The van der Waals surface area contributed by atoms with E-state index in [1.807, 2.05) is 25.1 Å². The second kappa shape index (κ2) is 5.12. The quantitative estimate of drug-likeness (QED) is 0.804. The Hall–Kier alpha value is -1.35. The number of aliphatic hydroxyl groups is 1. The van der Waals surface area contributed by atoms with Crippen molar-refractivity contribution < 1.29 is 15.0 Å². The van der Waals surface area contributed by atoms with Gasteiger partial charge in [0, 0.05) is 0 Å². The highest BCUT2D eigenvalue weighted by molar-refractivity contribution is 5.71. The number of carboxylic acid groups (broad SMARTS) is 1. The first-order chi connectivity index (χ1) is 7.52. The van der Waals surface area contributed by atoms with Gasteiger partial charge in [0.05, 0.1) is 5.92 Å². The van der Waals surface area contributed by atoms with Gasteiger partial charge in [0.15, 0.2) is 0 Å². The molecular formula is C13H18O3. The Labute approximate surface area is 95.7 Å². The van der Waals surface area contributed by atoms with Gasteiger partial charge in [-0.25, -0.2) is 0 Å². The Bertz CT molecular complexity index is 347. The molecule has 0 aliphatic carbocycles. The molecule has 3 heteroatoms. The summed E-state index contributed by atoms with van der Waals surface area (Å²) in [6, 6.07) is 9.01. The van der Waals surface area contributed by atoms with Gasteiger partial charge >= 0.3 is 5.97 Å². The van der Waals surface area contributed by atoms with Crippen LogP contribution in [0.5, 0.6) is 0 Å². The molecule has 1 rings (SSSR count). The molecule has 0 aliphatic rings. The zero-order valence-electron chi connectivity index (χ0n) is 9.68. The van der Waals surface area contributed by atoms with Gasteiger partial charge in [-0.3, -0.25) is 4.79 Å². The minimum absolute atomic E-state index is 0.449. The van der Waals surface area contributed by atoms with E-state index in [2.05, 4.69) is 0 Å². The van der Waals surface area contributed by atoms with E-state index in [1.54, 1.807) is 19.1 Å². The fraction of sp³-hybridized carbons (Fsp3) is 0.462. The summed E-state index contributed by atoms with van der Waals surface area (Å²) >= 11 is 0. The van der Waals surface area contributed by atoms with Crippen molar-refractivity contribution in [3.05, 3.63) is 35.9 Å². The van der Waals surface area contributed by atoms with Gasteiger partial charge in [-0.15, -0.1) is 0 Å². The van der Waals surface area contributed by atoms with Crippen molar-refractivity contribution in [2.75, 3.05) is 0 Å². The van der Waals surface area contributed by atoms with Gasteiger partial charge in [-0.2, -0.15) is 0 Å². The fourth-order valence-electron chi connectivity index (χ4n) is 1.92. The molecule has 0 aromatic heterocycles. The van der Waals surface area contributed by atoms with Crippen molar-refractivity contribution in [2.24, 2.45) is 5.92 Å². The Balaban J connectivity index is 3.11. The molecule has 0 spiro atoms. The third kappa shape index (κ3) is 2.42. The third-order valence-corrected chi connectivity index (χ3v) is 2.99. The average Bonchev–Trinajstić information content (AvgIpc) is 2.29. The Morgan fingerprint density at radius 3 is 2.38 bits per heavy atom. The van der Waals surface area contributed by atoms with Crippen LogP contribution in [0.3, 0.4) is 0 Å². The highest BCUT2D eigenvalue weighted by Gasteiger charge is 2.38. The van der Waals surface area contributed by atoms with E-state index in [0.717, 1.165) is 6.42 Å². The van der Waals surface area contributed by atoms with Crippen LogP contribution in [0.15, 0.2) is 30.3 Å². The molecular weight excluding hydrogens is 204 g/mol. The molecule has 0 saturated heterocycles. The predicted octanol–water partition coefficient (Wildman–Crippen LogP) is 2.40. The van der Waals surface area contributed by atoms with Crippen LogP contribution in [0.4, 0.5) is 0 Å². The number of carbonyl (C=O) groups is 1. The van der Waals surface area contributed by atoms with Crippen LogP contribution < -0.4 is 0 Å². The van der Waals surface area contributed by atoms with Gasteiger partial charge < -0.3 is 10.2 Å². The smallest absolute Gasteiger partial charge is 0.309 e. The maximum absolute atomic E-state index is 11.0. The normalized spacial score (nSPS) is 16.4. The minimum atomic E-state index is -1.28. The van der Waals surface area contributed by atoms with E-state index >= 15 is 0 Å². The summed E-state index contributed by atoms with van der Waals surface area (Å²) in [4.78, 5) is 11.0. The first-order valence-electron chi connectivity index (χ1n) is 5.53. The molecule has 2 atom stereocenters. The van der Waals surface area contributed by atoms with Crippen LogP contribution in [0.2, 0.25) is 0 Å². The Morgan fingerprint density at radius 1 is 1.38 bits per heavy atom. The lowest BCUT2D eigenvalue weighted by Gasteiger charge is -2.32. The zero-order chi connectivity index (χ0) is 12.2. The van der Waals surface area contributed by atoms with Crippen LogP contribution in [-0.2, 0) is 10.4 Å². The second-order valence-corrected chi connectivity index (χ2v) is 4.10. The van der Waals surface area contributed by atoms with Crippen molar-refractivity contribution in [1.82, 2.24) is 0 Å². The number of hydrogen-bond acceptors (Lipinski definition) is 2. The van der Waals surface area contributed by atoms with Crippen molar-refractivity contribution in [3.63, 3.8) is 0 Å². The van der Waals surface area contributed by atoms with Gasteiger partial charge in [-0.1, -0.05) is 43.7 Å². The van der Waals surface area contributed by atoms with E-state index in [-0.39, 0.29) is 0 Å². The number of rotatable bonds is 5. The lowest BCUT2D eigenvalue weighted by molar-refractivity contribution is -0.152. The first kappa shape index (κ1) is 12.7.